The Morgan fingerprint density at radius 2 is 2.21 bits per heavy atom. The van der Waals surface area contributed by atoms with Crippen LogP contribution in [0.15, 0.2) is 18.2 Å². The van der Waals surface area contributed by atoms with Gasteiger partial charge in [0.15, 0.2) is 0 Å². The maximum absolute atomic E-state index is 9.05. The Morgan fingerprint density at radius 3 is 2.64 bits per heavy atom. The quantitative estimate of drug-likeness (QED) is 0.586. The summed E-state index contributed by atoms with van der Waals surface area (Å²) in [6, 6.07) is 6.83. The molecule has 0 spiro atoms. The van der Waals surface area contributed by atoms with Crippen molar-refractivity contribution < 1.29 is 5.11 Å². The molecule has 5 N–H and O–H groups in total. The van der Waals surface area contributed by atoms with Gasteiger partial charge in [0.1, 0.15) is 0 Å². The molecule has 0 aliphatic rings. The van der Waals surface area contributed by atoms with Crippen molar-refractivity contribution in [2.24, 2.45) is 5.73 Å². The van der Waals surface area contributed by atoms with E-state index >= 15 is 0 Å². The third-order valence-corrected chi connectivity index (χ3v) is 2.12. The first-order chi connectivity index (χ1) is 6.51. The maximum Gasteiger partial charge on any atom is 0.0992 e. The van der Waals surface area contributed by atoms with Gasteiger partial charge in [-0.3, -0.25) is 0 Å². The lowest BCUT2D eigenvalue weighted by Gasteiger charge is -2.23. The van der Waals surface area contributed by atoms with Crippen LogP contribution in [0.1, 0.15) is 18.1 Å². The van der Waals surface area contributed by atoms with E-state index in [0.29, 0.717) is 16.8 Å². The van der Waals surface area contributed by atoms with Gasteiger partial charge in [0.2, 0.25) is 0 Å². The molecule has 0 saturated carbocycles. The van der Waals surface area contributed by atoms with Gasteiger partial charge in [-0.05, 0) is 24.6 Å². The second-order valence-electron chi connectivity index (χ2n) is 3.49. The van der Waals surface area contributed by atoms with Crippen LogP contribution < -0.4 is 11.5 Å². The Labute approximate surface area is 82.8 Å². The molecule has 4 heteroatoms. The summed E-state index contributed by atoms with van der Waals surface area (Å²) in [5.74, 6) is 0. The first-order valence-electron chi connectivity index (χ1n) is 4.21. The third-order valence-electron chi connectivity index (χ3n) is 2.12. The molecule has 1 atom stereocenters. The summed E-state index contributed by atoms with van der Waals surface area (Å²) in [7, 11) is 0. The molecule has 0 aromatic heterocycles. The van der Waals surface area contributed by atoms with E-state index in [1.54, 1.807) is 25.1 Å². The average Bonchev–Trinajstić information content (AvgIpc) is 2.17. The topological polar surface area (TPSA) is 96.1 Å². The predicted octanol–water partition coefficient (Wildman–Crippen LogP) is 0.307. The van der Waals surface area contributed by atoms with Gasteiger partial charge in [0.05, 0.1) is 23.8 Å². The number of anilines is 1. The molecule has 74 valence electrons. The minimum atomic E-state index is -0.863. The van der Waals surface area contributed by atoms with Crippen LogP contribution in [-0.4, -0.2) is 11.7 Å². The van der Waals surface area contributed by atoms with Gasteiger partial charge < -0.3 is 16.6 Å². The summed E-state index contributed by atoms with van der Waals surface area (Å²) in [5.41, 5.74) is 12.2. The van der Waals surface area contributed by atoms with E-state index < -0.39 is 5.54 Å². The highest BCUT2D eigenvalue weighted by Gasteiger charge is 2.22. The Bertz CT molecular complexity index is 379. The summed E-state index contributed by atoms with van der Waals surface area (Å²) < 4.78 is 0. The molecule has 1 aromatic rings. The van der Waals surface area contributed by atoms with Crippen molar-refractivity contribution in [1.29, 1.82) is 5.26 Å². The van der Waals surface area contributed by atoms with Gasteiger partial charge in [0, 0.05) is 5.69 Å². The summed E-state index contributed by atoms with van der Waals surface area (Å²) in [6.45, 7) is 1.49. The van der Waals surface area contributed by atoms with Crippen LogP contribution in [0.2, 0.25) is 0 Å². The zero-order valence-electron chi connectivity index (χ0n) is 7.99. The molecule has 0 fully saturated rings. The zero-order chi connectivity index (χ0) is 10.8. The molecule has 1 rings (SSSR count). The molecule has 0 radical (unpaired) electrons. The molecule has 14 heavy (non-hydrogen) atoms. The minimum absolute atomic E-state index is 0.191. The maximum atomic E-state index is 9.05. The van der Waals surface area contributed by atoms with E-state index in [9.17, 15) is 0 Å². The highest BCUT2D eigenvalue weighted by Crippen LogP contribution is 2.24. The molecule has 0 bridgehead atoms. The predicted molar refractivity (Wildman–Crippen MR) is 54.2 cm³/mol. The lowest BCUT2D eigenvalue weighted by Crippen LogP contribution is -2.37. The van der Waals surface area contributed by atoms with Crippen molar-refractivity contribution in [3.8, 4) is 6.07 Å². The third kappa shape index (κ3) is 1.84. The number of nitrogens with two attached hydrogens (primary N) is 2. The van der Waals surface area contributed by atoms with Crippen LogP contribution >= 0.6 is 0 Å². The van der Waals surface area contributed by atoms with Crippen LogP contribution in [0.3, 0.4) is 0 Å². The van der Waals surface area contributed by atoms with Gasteiger partial charge in [-0.25, -0.2) is 0 Å². The largest absolute Gasteiger partial charge is 0.398 e. The fraction of sp³-hybridized carbons (Fsp3) is 0.300. The smallest absolute Gasteiger partial charge is 0.0992 e. The molecular formula is C10H13N3O. The van der Waals surface area contributed by atoms with Crippen LogP contribution in [-0.2, 0) is 5.54 Å². The van der Waals surface area contributed by atoms with Crippen molar-refractivity contribution in [1.82, 2.24) is 0 Å². The minimum Gasteiger partial charge on any atom is -0.398 e. The molecule has 0 aliphatic carbocycles. The van der Waals surface area contributed by atoms with Gasteiger partial charge in [-0.2, -0.15) is 5.26 Å². The van der Waals surface area contributed by atoms with Crippen LogP contribution in [0, 0.1) is 11.3 Å². The summed E-state index contributed by atoms with van der Waals surface area (Å²) >= 11 is 0. The Balaban J connectivity index is 3.20. The lowest BCUT2D eigenvalue weighted by molar-refractivity contribution is 0.210. The monoisotopic (exact) mass is 191 g/mol. The SMILES string of the molecule is CC(N)(CO)c1ccc(C#N)cc1N. The van der Waals surface area contributed by atoms with Gasteiger partial charge in [-0.15, -0.1) is 0 Å². The highest BCUT2D eigenvalue weighted by atomic mass is 16.3. The molecule has 0 amide bonds. The van der Waals surface area contributed by atoms with E-state index in [4.69, 9.17) is 21.8 Å². The number of aliphatic hydroxyl groups is 1. The standard InChI is InChI=1S/C10H13N3O/c1-10(13,6-14)8-3-2-7(5-11)4-9(8)12/h2-4,14H,6,12-13H2,1H3. The van der Waals surface area contributed by atoms with E-state index in [-0.39, 0.29) is 6.61 Å². The van der Waals surface area contributed by atoms with E-state index in [1.807, 2.05) is 6.07 Å². The first-order valence-corrected chi connectivity index (χ1v) is 4.21. The van der Waals surface area contributed by atoms with Crippen molar-refractivity contribution >= 4 is 5.69 Å². The number of nitrogen functional groups attached to an aromatic ring is 1. The molecule has 0 heterocycles. The molecule has 0 aliphatic heterocycles. The van der Waals surface area contributed by atoms with E-state index in [1.165, 1.54) is 0 Å². The number of nitrogens with zero attached hydrogens (tertiary/aromatic N) is 1. The fourth-order valence-electron chi connectivity index (χ4n) is 1.24. The van der Waals surface area contributed by atoms with E-state index in [2.05, 4.69) is 0 Å². The van der Waals surface area contributed by atoms with Crippen LogP contribution in [0.5, 0.6) is 0 Å². The second-order valence-corrected chi connectivity index (χ2v) is 3.49. The number of hydrogen-bond donors (Lipinski definition) is 3. The highest BCUT2D eigenvalue weighted by molar-refractivity contribution is 5.54. The molecular weight excluding hydrogens is 178 g/mol. The van der Waals surface area contributed by atoms with Crippen molar-refractivity contribution in [2.45, 2.75) is 12.5 Å². The normalized spacial score (nSPS) is 14.4. The van der Waals surface area contributed by atoms with Gasteiger partial charge in [0.25, 0.3) is 0 Å². The summed E-state index contributed by atoms with van der Waals surface area (Å²) in [6.07, 6.45) is 0. The summed E-state index contributed by atoms with van der Waals surface area (Å²) in [4.78, 5) is 0. The molecule has 4 nitrogen and oxygen atoms in total. The lowest BCUT2D eigenvalue weighted by atomic mass is 9.92. The number of benzene rings is 1. The Hall–Kier alpha value is -1.57. The van der Waals surface area contributed by atoms with Crippen molar-refractivity contribution in [2.75, 3.05) is 12.3 Å². The first kappa shape index (κ1) is 10.5. The molecule has 0 saturated heterocycles. The van der Waals surface area contributed by atoms with Gasteiger partial charge >= 0.3 is 0 Å². The average molecular weight is 191 g/mol. The summed E-state index contributed by atoms with van der Waals surface area (Å²) in [5, 5.41) is 17.7. The van der Waals surface area contributed by atoms with Crippen molar-refractivity contribution in [3.63, 3.8) is 0 Å². The number of hydrogen-bond acceptors (Lipinski definition) is 4. The number of aliphatic hydroxyl groups excluding tert-OH is 1. The zero-order valence-corrected chi connectivity index (χ0v) is 7.99. The number of rotatable bonds is 2. The Kier molecular flexibility index (Phi) is 2.75. The molecule has 1 aromatic carbocycles. The Morgan fingerprint density at radius 1 is 1.57 bits per heavy atom. The van der Waals surface area contributed by atoms with Crippen LogP contribution in [0.25, 0.3) is 0 Å². The fourth-order valence-corrected chi connectivity index (χ4v) is 1.24. The van der Waals surface area contributed by atoms with E-state index in [0.717, 1.165) is 0 Å². The van der Waals surface area contributed by atoms with Gasteiger partial charge in [-0.1, -0.05) is 6.07 Å². The van der Waals surface area contributed by atoms with Crippen LogP contribution in [0.4, 0.5) is 5.69 Å². The van der Waals surface area contributed by atoms with Crippen molar-refractivity contribution in [3.05, 3.63) is 29.3 Å². The molecule has 1 unspecified atom stereocenters. The second kappa shape index (κ2) is 3.66. The number of nitriles is 1.